The Kier molecular flexibility index (Phi) is 10.2. The number of carbonyl (C=O) groups is 1. The van der Waals surface area contributed by atoms with E-state index in [2.05, 4.69) is 34.7 Å². The SMILES string of the molecule is CCNC(=O)COc1cccc(CN=C(N)Nc2ccc(CC)cc2)c1.I. The molecule has 2 rings (SSSR count). The first kappa shape index (κ1) is 22.8. The minimum atomic E-state index is -0.140. The summed E-state index contributed by atoms with van der Waals surface area (Å²) in [4.78, 5) is 15.8. The van der Waals surface area contributed by atoms with Gasteiger partial charge in [-0.3, -0.25) is 4.79 Å². The predicted molar refractivity (Wildman–Crippen MR) is 121 cm³/mol. The van der Waals surface area contributed by atoms with Gasteiger partial charge < -0.3 is 21.1 Å². The van der Waals surface area contributed by atoms with Gasteiger partial charge >= 0.3 is 0 Å². The molecule has 0 aliphatic heterocycles. The fourth-order valence-corrected chi connectivity index (χ4v) is 2.32. The molecule has 6 nitrogen and oxygen atoms in total. The maximum atomic E-state index is 11.4. The lowest BCUT2D eigenvalue weighted by molar-refractivity contribution is -0.122. The van der Waals surface area contributed by atoms with Gasteiger partial charge in [0.05, 0.1) is 6.54 Å². The molecule has 0 radical (unpaired) electrons. The van der Waals surface area contributed by atoms with Crippen LogP contribution in [0.15, 0.2) is 53.5 Å². The summed E-state index contributed by atoms with van der Waals surface area (Å²) >= 11 is 0. The van der Waals surface area contributed by atoms with E-state index in [0.29, 0.717) is 24.8 Å². The van der Waals surface area contributed by atoms with Gasteiger partial charge in [0.2, 0.25) is 0 Å². The summed E-state index contributed by atoms with van der Waals surface area (Å²) in [6, 6.07) is 15.6. The molecule has 1 amide bonds. The summed E-state index contributed by atoms with van der Waals surface area (Å²) in [5, 5.41) is 5.77. The third-order valence-electron chi connectivity index (χ3n) is 3.71. The Morgan fingerprint density at radius 1 is 1.11 bits per heavy atom. The molecule has 146 valence electrons. The lowest BCUT2D eigenvalue weighted by atomic mass is 10.1. The molecule has 0 spiro atoms. The van der Waals surface area contributed by atoms with Crippen molar-refractivity contribution in [3.63, 3.8) is 0 Å². The highest BCUT2D eigenvalue weighted by atomic mass is 127. The van der Waals surface area contributed by atoms with Crippen LogP contribution in [0.5, 0.6) is 5.75 Å². The van der Waals surface area contributed by atoms with Crippen molar-refractivity contribution < 1.29 is 9.53 Å². The average molecular weight is 482 g/mol. The number of rotatable bonds is 8. The summed E-state index contributed by atoms with van der Waals surface area (Å²) in [6.45, 7) is 4.99. The first-order valence-electron chi connectivity index (χ1n) is 8.75. The zero-order valence-electron chi connectivity index (χ0n) is 15.7. The van der Waals surface area contributed by atoms with Crippen molar-refractivity contribution in [3.8, 4) is 5.75 Å². The van der Waals surface area contributed by atoms with Crippen LogP contribution in [0.2, 0.25) is 0 Å². The summed E-state index contributed by atoms with van der Waals surface area (Å²) < 4.78 is 5.48. The van der Waals surface area contributed by atoms with E-state index in [1.807, 2.05) is 43.3 Å². The number of likely N-dealkylation sites (N-methyl/N-ethyl adjacent to an activating group) is 1. The number of anilines is 1. The number of ether oxygens (including phenoxy) is 1. The zero-order chi connectivity index (χ0) is 18.8. The van der Waals surface area contributed by atoms with Gasteiger partial charge in [-0.15, -0.1) is 24.0 Å². The van der Waals surface area contributed by atoms with E-state index in [9.17, 15) is 4.79 Å². The number of amides is 1. The molecule has 2 aromatic carbocycles. The second-order valence-corrected chi connectivity index (χ2v) is 5.77. The minimum absolute atomic E-state index is 0. The number of benzene rings is 2. The smallest absolute Gasteiger partial charge is 0.257 e. The van der Waals surface area contributed by atoms with E-state index in [0.717, 1.165) is 17.7 Å². The Bertz CT molecular complexity index is 748. The lowest BCUT2D eigenvalue weighted by Crippen LogP contribution is -2.28. The molecule has 0 saturated carbocycles. The largest absolute Gasteiger partial charge is 0.484 e. The van der Waals surface area contributed by atoms with Gasteiger partial charge in [0.25, 0.3) is 5.91 Å². The molecule has 27 heavy (non-hydrogen) atoms. The highest BCUT2D eigenvalue weighted by Crippen LogP contribution is 2.14. The van der Waals surface area contributed by atoms with E-state index in [1.54, 1.807) is 0 Å². The highest BCUT2D eigenvalue weighted by molar-refractivity contribution is 14.0. The molecule has 4 N–H and O–H groups in total. The lowest BCUT2D eigenvalue weighted by Gasteiger charge is -2.08. The molecule has 2 aromatic rings. The Hall–Kier alpha value is -2.29. The molecule has 0 fully saturated rings. The maximum Gasteiger partial charge on any atom is 0.257 e. The van der Waals surface area contributed by atoms with E-state index < -0.39 is 0 Å². The second kappa shape index (κ2) is 12.2. The summed E-state index contributed by atoms with van der Waals surface area (Å²) in [5.41, 5.74) is 9.08. The summed E-state index contributed by atoms with van der Waals surface area (Å²) in [5.74, 6) is 0.840. The number of nitrogens with one attached hydrogen (secondary N) is 2. The molecular weight excluding hydrogens is 455 g/mol. The van der Waals surface area contributed by atoms with Crippen molar-refractivity contribution in [1.29, 1.82) is 0 Å². The number of carbonyl (C=O) groups excluding carboxylic acids is 1. The highest BCUT2D eigenvalue weighted by Gasteiger charge is 2.02. The first-order chi connectivity index (χ1) is 12.6. The molecule has 0 bridgehead atoms. The van der Waals surface area contributed by atoms with Crippen LogP contribution in [0, 0.1) is 0 Å². The Morgan fingerprint density at radius 3 is 2.52 bits per heavy atom. The number of guanidine groups is 1. The molecule has 0 heterocycles. The van der Waals surface area contributed by atoms with Crippen LogP contribution in [0.3, 0.4) is 0 Å². The van der Waals surface area contributed by atoms with Gasteiger partial charge in [-0.1, -0.05) is 31.2 Å². The molecule has 7 heteroatoms. The standard InChI is InChI=1S/C20H26N4O2.HI/c1-3-15-8-10-17(11-9-15)24-20(21)23-13-16-6-5-7-18(12-16)26-14-19(25)22-4-2;/h5-12H,3-4,13-14H2,1-2H3,(H,22,25)(H3,21,23,24);1H. The van der Waals surface area contributed by atoms with Gasteiger partial charge in [0.15, 0.2) is 12.6 Å². The Morgan fingerprint density at radius 2 is 1.85 bits per heavy atom. The van der Waals surface area contributed by atoms with Gasteiger partial charge in [-0.25, -0.2) is 4.99 Å². The Balaban J connectivity index is 0.00000364. The number of aliphatic imine (C=N–C) groups is 1. The van der Waals surface area contributed by atoms with E-state index >= 15 is 0 Å². The minimum Gasteiger partial charge on any atom is -0.484 e. The first-order valence-corrected chi connectivity index (χ1v) is 8.75. The van der Waals surface area contributed by atoms with E-state index in [1.165, 1.54) is 5.56 Å². The van der Waals surface area contributed by atoms with Crippen molar-refractivity contribution >= 4 is 41.5 Å². The van der Waals surface area contributed by atoms with Crippen LogP contribution >= 0.6 is 24.0 Å². The van der Waals surface area contributed by atoms with Crippen molar-refractivity contribution in [2.75, 3.05) is 18.5 Å². The molecule has 0 saturated heterocycles. The van der Waals surface area contributed by atoms with Crippen LogP contribution in [0.25, 0.3) is 0 Å². The molecule has 0 aliphatic rings. The number of hydrogen-bond donors (Lipinski definition) is 3. The fourth-order valence-electron chi connectivity index (χ4n) is 2.32. The van der Waals surface area contributed by atoms with Crippen LogP contribution < -0.4 is 21.1 Å². The number of nitrogens with zero attached hydrogens (tertiary/aromatic N) is 1. The zero-order valence-corrected chi connectivity index (χ0v) is 18.0. The quantitative estimate of drug-likeness (QED) is 0.306. The number of nitrogens with two attached hydrogens (primary N) is 1. The van der Waals surface area contributed by atoms with E-state index in [-0.39, 0.29) is 36.5 Å². The van der Waals surface area contributed by atoms with Crippen LogP contribution in [-0.4, -0.2) is 25.0 Å². The second-order valence-electron chi connectivity index (χ2n) is 5.77. The molecular formula is C20H27IN4O2. The molecule has 0 aromatic heterocycles. The van der Waals surface area contributed by atoms with Gasteiger partial charge in [-0.05, 0) is 48.7 Å². The maximum absolute atomic E-state index is 11.4. The van der Waals surface area contributed by atoms with Gasteiger partial charge in [0.1, 0.15) is 5.75 Å². The number of aryl methyl sites for hydroxylation is 1. The molecule has 0 unspecified atom stereocenters. The molecule has 0 aliphatic carbocycles. The third-order valence-corrected chi connectivity index (χ3v) is 3.71. The van der Waals surface area contributed by atoms with Gasteiger partial charge in [0, 0.05) is 12.2 Å². The van der Waals surface area contributed by atoms with Crippen LogP contribution in [-0.2, 0) is 17.8 Å². The monoisotopic (exact) mass is 482 g/mol. The van der Waals surface area contributed by atoms with Crippen molar-refractivity contribution in [3.05, 3.63) is 59.7 Å². The summed E-state index contributed by atoms with van der Waals surface area (Å²) in [6.07, 6.45) is 1.00. The molecule has 0 atom stereocenters. The van der Waals surface area contributed by atoms with Crippen molar-refractivity contribution in [1.82, 2.24) is 5.32 Å². The normalized spacial score (nSPS) is 10.7. The van der Waals surface area contributed by atoms with Crippen molar-refractivity contribution in [2.45, 2.75) is 26.8 Å². The van der Waals surface area contributed by atoms with Crippen LogP contribution in [0.4, 0.5) is 5.69 Å². The third kappa shape index (κ3) is 8.29. The number of hydrogen-bond acceptors (Lipinski definition) is 3. The van der Waals surface area contributed by atoms with Crippen LogP contribution in [0.1, 0.15) is 25.0 Å². The van der Waals surface area contributed by atoms with E-state index in [4.69, 9.17) is 10.5 Å². The Labute approximate surface area is 177 Å². The topological polar surface area (TPSA) is 88.7 Å². The van der Waals surface area contributed by atoms with Crippen molar-refractivity contribution in [2.24, 2.45) is 10.7 Å². The fraction of sp³-hybridized carbons (Fsp3) is 0.300. The number of halogens is 1. The van der Waals surface area contributed by atoms with Gasteiger partial charge in [-0.2, -0.15) is 0 Å². The summed E-state index contributed by atoms with van der Waals surface area (Å²) in [7, 11) is 0. The average Bonchev–Trinajstić information content (AvgIpc) is 2.66. The predicted octanol–water partition coefficient (Wildman–Crippen LogP) is 3.31.